The van der Waals surface area contributed by atoms with Crippen molar-refractivity contribution in [3.63, 3.8) is 0 Å². The molecule has 0 fully saturated rings. The van der Waals surface area contributed by atoms with Crippen molar-refractivity contribution in [2.75, 3.05) is 6.61 Å². The molecule has 0 aromatic heterocycles. The molecule has 0 aliphatic carbocycles. The Labute approximate surface area is 187 Å². The van der Waals surface area contributed by atoms with Crippen molar-refractivity contribution in [3.05, 3.63) is 59.4 Å². The molecule has 3 nitrogen and oxygen atoms in total. The molecule has 2 aromatic rings. The molecule has 0 spiro atoms. The summed E-state index contributed by atoms with van der Waals surface area (Å²) in [5.74, 6) is -0.629. The minimum atomic E-state index is -0.515. The van der Waals surface area contributed by atoms with Crippen LogP contribution in [0.1, 0.15) is 94.0 Å². The lowest BCUT2D eigenvalue weighted by Crippen LogP contribution is -2.09. The minimum absolute atomic E-state index is 0.179. The molecule has 0 atom stereocenters. The Morgan fingerprint density at radius 1 is 0.806 bits per heavy atom. The monoisotopic (exact) mass is 428 g/mol. The highest BCUT2D eigenvalue weighted by Gasteiger charge is 2.11. The van der Waals surface area contributed by atoms with Gasteiger partial charge in [-0.25, -0.2) is 9.18 Å². The topological polar surface area (TPSA) is 35.5 Å². The van der Waals surface area contributed by atoms with Crippen LogP contribution in [0.15, 0.2) is 42.5 Å². The van der Waals surface area contributed by atoms with Crippen molar-refractivity contribution in [2.24, 2.45) is 0 Å². The van der Waals surface area contributed by atoms with Crippen molar-refractivity contribution in [3.8, 4) is 11.5 Å². The number of rotatable bonds is 15. The van der Waals surface area contributed by atoms with Crippen molar-refractivity contribution in [1.29, 1.82) is 0 Å². The Kier molecular flexibility index (Phi) is 11.7. The summed E-state index contributed by atoms with van der Waals surface area (Å²) in [6.45, 7) is 4.88. The van der Waals surface area contributed by atoms with Gasteiger partial charge in [-0.15, -0.1) is 0 Å². The molecule has 4 heteroatoms. The van der Waals surface area contributed by atoms with E-state index in [1.54, 1.807) is 18.2 Å². The number of unbranched alkanes of at least 4 members (excludes halogenated alkanes) is 8. The van der Waals surface area contributed by atoms with Crippen molar-refractivity contribution >= 4 is 5.97 Å². The summed E-state index contributed by atoms with van der Waals surface area (Å²) in [6.07, 6.45) is 12.8. The summed E-state index contributed by atoms with van der Waals surface area (Å²) in [5.41, 5.74) is 1.67. The van der Waals surface area contributed by atoms with Gasteiger partial charge in [0.2, 0.25) is 0 Å². The maximum atomic E-state index is 14.3. The van der Waals surface area contributed by atoms with Gasteiger partial charge in [0.05, 0.1) is 12.2 Å². The third-order valence-electron chi connectivity index (χ3n) is 5.38. The second-order valence-corrected chi connectivity index (χ2v) is 8.11. The minimum Gasteiger partial charge on any atom is -0.491 e. The van der Waals surface area contributed by atoms with E-state index >= 15 is 0 Å². The third-order valence-corrected chi connectivity index (χ3v) is 5.38. The number of halogens is 1. The van der Waals surface area contributed by atoms with Gasteiger partial charge < -0.3 is 9.47 Å². The van der Waals surface area contributed by atoms with Crippen LogP contribution in [0.5, 0.6) is 11.5 Å². The number of aryl methyl sites for hydroxylation is 1. The molecule has 0 amide bonds. The number of carbonyl (C=O) groups is 1. The van der Waals surface area contributed by atoms with Crippen LogP contribution in [0.2, 0.25) is 0 Å². The molecule has 0 heterocycles. The van der Waals surface area contributed by atoms with Gasteiger partial charge in [-0.05, 0) is 49.1 Å². The smallest absolute Gasteiger partial charge is 0.343 e. The molecule has 170 valence electrons. The number of benzene rings is 2. The van der Waals surface area contributed by atoms with Gasteiger partial charge in [-0.2, -0.15) is 0 Å². The van der Waals surface area contributed by atoms with Crippen molar-refractivity contribution in [1.82, 2.24) is 0 Å². The Hall–Kier alpha value is -2.36. The van der Waals surface area contributed by atoms with E-state index in [2.05, 4.69) is 13.8 Å². The lowest BCUT2D eigenvalue weighted by molar-refractivity contribution is 0.0734. The zero-order chi connectivity index (χ0) is 22.3. The fourth-order valence-electron chi connectivity index (χ4n) is 3.46. The number of ether oxygens (including phenoxy) is 2. The molecule has 2 aromatic carbocycles. The van der Waals surface area contributed by atoms with Crippen LogP contribution in [0.25, 0.3) is 0 Å². The molecule has 0 N–H and O–H groups in total. The highest BCUT2D eigenvalue weighted by atomic mass is 19.1. The zero-order valence-electron chi connectivity index (χ0n) is 19.1. The largest absolute Gasteiger partial charge is 0.491 e. The Morgan fingerprint density at radius 3 is 2.13 bits per heavy atom. The van der Waals surface area contributed by atoms with Gasteiger partial charge in [-0.1, -0.05) is 77.3 Å². The molecule has 0 aliphatic heterocycles. The van der Waals surface area contributed by atoms with E-state index in [1.165, 1.54) is 62.6 Å². The molecule has 0 aliphatic rings. The van der Waals surface area contributed by atoms with Gasteiger partial charge in [0.15, 0.2) is 11.6 Å². The first-order chi connectivity index (χ1) is 15.1. The maximum absolute atomic E-state index is 14.3. The number of carbonyl (C=O) groups excluding carboxylic acids is 1. The first-order valence-electron chi connectivity index (χ1n) is 11.9. The van der Waals surface area contributed by atoms with Crippen LogP contribution in [-0.2, 0) is 6.42 Å². The lowest BCUT2D eigenvalue weighted by Gasteiger charge is -2.09. The summed E-state index contributed by atoms with van der Waals surface area (Å²) in [6, 6.07) is 11.8. The predicted octanol–water partition coefficient (Wildman–Crippen LogP) is 7.91. The molecule has 2 rings (SSSR count). The molecule has 0 unspecified atom stereocenters. The molecule has 0 saturated carbocycles. The van der Waals surface area contributed by atoms with E-state index in [-0.39, 0.29) is 11.5 Å². The van der Waals surface area contributed by atoms with Crippen LogP contribution in [0.4, 0.5) is 4.39 Å². The van der Waals surface area contributed by atoms with Crippen molar-refractivity contribution < 1.29 is 18.7 Å². The lowest BCUT2D eigenvalue weighted by atomic mass is 10.0. The van der Waals surface area contributed by atoms with E-state index in [0.29, 0.717) is 12.2 Å². The van der Waals surface area contributed by atoms with Crippen LogP contribution in [-0.4, -0.2) is 12.6 Å². The highest BCUT2D eigenvalue weighted by Crippen LogP contribution is 2.24. The van der Waals surface area contributed by atoms with Gasteiger partial charge in [0.25, 0.3) is 0 Å². The number of esters is 1. The zero-order valence-corrected chi connectivity index (χ0v) is 19.1. The molecule has 31 heavy (non-hydrogen) atoms. The van der Waals surface area contributed by atoms with E-state index in [9.17, 15) is 9.18 Å². The highest BCUT2D eigenvalue weighted by molar-refractivity contribution is 5.91. The molecule has 0 saturated heterocycles. The number of hydrogen-bond donors (Lipinski definition) is 0. The molecule has 0 bridgehead atoms. The second-order valence-electron chi connectivity index (χ2n) is 8.11. The Bertz CT molecular complexity index is 771. The SMILES string of the molecule is CCCCCCCCOc1ccc(OC(=O)c2ccc(CCCCCC)cc2)cc1F. The Balaban J connectivity index is 1.78. The first kappa shape index (κ1) is 24.9. The fraction of sp³-hybridized carbons (Fsp3) is 0.519. The van der Waals surface area contributed by atoms with E-state index in [4.69, 9.17) is 9.47 Å². The summed E-state index contributed by atoms with van der Waals surface area (Å²) < 4.78 is 25.2. The van der Waals surface area contributed by atoms with Gasteiger partial charge in [0, 0.05) is 6.07 Å². The fourth-order valence-corrected chi connectivity index (χ4v) is 3.46. The van der Waals surface area contributed by atoms with E-state index in [1.807, 2.05) is 12.1 Å². The van der Waals surface area contributed by atoms with Crippen LogP contribution >= 0.6 is 0 Å². The average Bonchev–Trinajstić information content (AvgIpc) is 2.78. The maximum Gasteiger partial charge on any atom is 0.343 e. The van der Waals surface area contributed by atoms with E-state index in [0.717, 1.165) is 25.7 Å². The molecular weight excluding hydrogens is 391 g/mol. The molecular formula is C27H37FO3. The summed E-state index contributed by atoms with van der Waals surface area (Å²) in [4.78, 5) is 12.4. The average molecular weight is 429 g/mol. The first-order valence-corrected chi connectivity index (χ1v) is 11.9. The van der Waals surface area contributed by atoms with Crippen LogP contribution < -0.4 is 9.47 Å². The quantitative estimate of drug-likeness (QED) is 0.164. The van der Waals surface area contributed by atoms with Crippen LogP contribution in [0, 0.1) is 5.82 Å². The molecule has 0 radical (unpaired) electrons. The van der Waals surface area contributed by atoms with Gasteiger partial charge in [-0.3, -0.25) is 0 Å². The summed E-state index contributed by atoms with van der Waals surface area (Å²) in [7, 11) is 0. The van der Waals surface area contributed by atoms with E-state index < -0.39 is 11.8 Å². The van der Waals surface area contributed by atoms with Crippen LogP contribution in [0.3, 0.4) is 0 Å². The Morgan fingerprint density at radius 2 is 1.45 bits per heavy atom. The van der Waals surface area contributed by atoms with Gasteiger partial charge >= 0.3 is 5.97 Å². The standard InChI is InChI=1S/C27H37FO3/c1-3-5-7-9-10-12-20-30-26-19-18-24(21-25(26)28)31-27(29)23-16-14-22(15-17-23)13-11-8-6-4-2/h14-19,21H,3-13,20H2,1-2H3. The predicted molar refractivity (Wildman–Crippen MR) is 125 cm³/mol. The normalized spacial score (nSPS) is 10.8. The third kappa shape index (κ3) is 9.54. The van der Waals surface area contributed by atoms with Crippen molar-refractivity contribution in [2.45, 2.75) is 84.5 Å². The number of hydrogen-bond acceptors (Lipinski definition) is 3. The van der Waals surface area contributed by atoms with Gasteiger partial charge in [0.1, 0.15) is 5.75 Å². The summed E-state index contributed by atoms with van der Waals surface area (Å²) >= 11 is 0. The summed E-state index contributed by atoms with van der Waals surface area (Å²) in [5, 5.41) is 0. The second kappa shape index (κ2) is 14.6.